The Morgan fingerprint density at radius 3 is 2.42 bits per heavy atom. The number of halogens is 4. The van der Waals surface area contributed by atoms with Gasteiger partial charge in [0.1, 0.15) is 6.54 Å². The molecule has 1 fully saturated rings. The molecule has 0 atom stereocenters. The Bertz CT molecular complexity index is 1260. The number of hydrogen-bond acceptors (Lipinski definition) is 3. The molecule has 1 heterocycles. The van der Waals surface area contributed by atoms with Gasteiger partial charge in [-0.15, -0.1) is 5.10 Å². The van der Waals surface area contributed by atoms with Gasteiger partial charge in [0.2, 0.25) is 5.91 Å². The minimum atomic E-state index is -4.49. The third kappa shape index (κ3) is 4.98. The Labute approximate surface area is 193 Å². The molecule has 0 unspecified atom stereocenters. The third-order valence-corrected chi connectivity index (χ3v) is 5.76. The fourth-order valence-electron chi connectivity index (χ4n) is 3.69. The summed E-state index contributed by atoms with van der Waals surface area (Å²) < 4.78 is 41.9. The Morgan fingerprint density at radius 2 is 1.79 bits per heavy atom. The monoisotopic (exact) mass is 478 g/mol. The van der Waals surface area contributed by atoms with E-state index in [0.717, 1.165) is 29.7 Å². The molecule has 10 heteroatoms. The van der Waals surface area contributed by atoms with Crippen LogP contribution in [0.25, 0.3) is 11.4 Å². The minimum absolute atomic E-state index is 0.0184. The highest BCUT2D eigenvalue weighted by Gasteiger charge is 2.33. The summed E-state index contributed by atoms with van der Waals surface area (Å²) in [5, 5.41) is 7.58. The average Bonchev–Trinajstić information content (AvgIpc) is 3.51. The highest BCUT2D eigenvalue weighted by atomic mass is 35.5. The Kier molecular flexibility index (Phi) is 5.86. The molecule has 6 nitrogen and oxygen atoms in total. The molecule has 0 bridgehead atoms. The smallest absolute Gasteiger partial charge is 0.346 e. The molecule has 0 saturated heterocycles. The summed E-state index contributed by atoms with van der Waals surface area (Å²) in [5.41, 5.74) is -1.36. The number of benzene rings is 2. The predicted octanol–water partition coefficient (Wildman–Crippen LogP) is 4.77. The summed E-state index contributed by atoms with van der Waals surface area (Å²) in [6.45, 7) is 2.83. The van der Waals surface area contributed by atoms with E-state index >= 15 is 0 Å². The summed E-state index contributed by atoms with van der Waals surface area (Å²) in [7, 11) is 0. The third-order valence-electron chi connectivity index (χ3n) is 5.52. The van der Waals surface area contributed by atoms with Crippen LogP contribution in [0.3, 0.4) is 0 Å². The van der Waals surface area contributed by atoms with Crippen LogP contribution in [0.4, 0.5) is 13.2 Å². The topological polar surface area (TPSA) is 68.9 Å². The molecule has 1 N–H and O–H groups in total. The van der Waals surface area contributed by atoms with Gasteiger partial charge >= 0.3 is 11.9 Å². The van der Waals surface area contributed by atoms with Crippen molar-refractivity contribution in [3.63, 3.8) is 0 Å². The first-order chi connectivity index (χ1) is 15.5. The van der Waals surface area contributed by atoms with Crippen LogP contribution in [0.5, 0.6) is 0 Å². The van der Waals surface area contributed by atoms with E-state index in [-0.39, 0.29) is 12.6 Å². The quantitative estimate of drug-likeness (QED) is 0.555. The van der Waals surface area contributed by atoms with E-state index in [1.165, 1.54) is 12.1 Å². The standard InChI is InChI=1S/C23H22ClF3N4O2/c1-22(2,15-6-4-7-16(12-15)23(25,26)27)28-19(32)13-30-21(33)31(18-9-10-18)20(29-30)14-5-3-8-17(24)11-14/h3-8,11-12,18H,9-10,13H2,1-2H3,(H,28,32). The van der Waals surface area contributed by atoms with Crippen LogP contribution in [0.1, 0.15) is 43.9 Å². The molecule has 174 valence electrons. The number of nitrogens with zero attached hydrogens (tertiary/aromatic N) is 3. The first kappa shape index (κ1) is 23.1. The second kappa shape index (κ2) is 8.37. The summed E-state index contributed by atoms with van der Waals surface area (Å²) in [5.74, 6) is -0.118. The van der Waals surface area contributed by atoms with Crippen LogP contribution < -0.4 is 11.0 Å². The molecular formula is C23H22ClF3N4O2. The highest BCUT2D eigenvalue weighted by Crippen LogP contribution is 2.37. The average molecular weight is 479 g/mol. The van der Waals surface area contributed by atoms with Crippen molar-refractivity contribution in [3.8, 4) is 11.4 Å². The van der Waals surface area contributed by atoms with E-state index in [9.17, 15) is 22.8 Å². The van der Waals surface area contributed by atoms with Crippen molar-refractivity contribution in [2.24, 2.45) is 0 Å². The van der Waals surface area contributed by atoms with Crippen molar-refractivity contribution in [3.05, 3.63) is 75.2 Å². The first-order valence-corrected chi connectivity index (χ1v) is 10.8. The molecule has 2 aromatic carbocycles. The first-order valence-electron chi connectivity index (χ1n) is 10.4. The van der Waals surface area contributed by atoms with Gasteiger partial charge < -0.3 is 5.32 Å². The Hall–Kier alpha value is -3.07. The molecule has 1 aliphatic carbocycles. The summed E-state index contributed by atoms with van der Waals surface area (Å²) in [4.78, 5) is 25.7. The van der Waals surface area contributed by atoms with Crippen molar-refractivity contribution in [2.45, 2.75) is 51.0 Å². The van der Waals surface area contributed by atoms with E-state index in [4.69, 9.17) is 11.6 Å². The van der Waals surface area contributed by atoms with Crippen molar-refractivity contribution < 1.29 is 18.0 Å². The van der Waals surface area contributed by atoms with Gasteiger partial charge in [-0.3, -0.25) is 9.36 Å². The van der Waals surface area contributed by atoms with Crippen LogP contribution in [0, 0.1) is 0 Å². The van der Waals surface area contributed by atoms with Gasteiger partial charge in [-0.25, -0.2) is 9.48 Å². The molecule has 1 aliphatic rings. The second-order valence-corrected chi connectivity index (χ2v) is 9.06. The van der Waals surface area contributed by atoms with E-state index < -0.39 is 28.9 Å². The number of carbonyl (C=O) groups is 1. The van der Waals surface area contributed by atoms with Gasteiger partial charge in [-0.05, 0) is 56.5 Å². The molecule has 33 heavy (non-hydrogen) atoms. The van der Waals surface area contributed by atoms with Crippen LogP contribution in [0.15, 0.2) is 53.3 Å². The van der Waals surface area contributed by atoms with Crippen LogP contribution >= 0.6 is 11.6 Å². The summed E-state index contributed by atoms with van der Waals surface area (Å²) in [6, 6.07) is 11.8. The van der Waals surface area contributed by atoms with Gasteiger partial charge in [-0.2, -0.15) is 13.2 Å². The molecular weight excluding hydrogens is 457 g/mol. The molecule has 0 aliphatic heterocycles. The maximum atomic E-state index is 13.1. The minimum Gasteiger partial charge on any atom is -0.346 e. The van der Waals surface area contributed by atoms with Gasteiger partial charge in [0.25, 0.3) is 0 Å². The highest BCUT2D eigenvalue weighted by molar-refractivity contribution is 6.30. The maximum Gasteiger partial charge on any atom is 0.416 e. The zero-order chi connectivity index (χ0) is 24.0. The van der Waals surface area contributed by atoms with E-state index in [2.05, 4.69) is 10.4 Å². The zero-order valence-corrected chi connectivity index (χ0v) is 18.7. The maximum absolute atomic E-state index is 13.1. The second-order valence-electron chi connectivity index (χ2n) is 8.63. The van der Waals surface area contributed by atoms with E-state index in [1.807, 2.05) is 0 Å². The number of rotatable bonds is 6. The number of aromatic nitrogens is 3. The number of alkyl halides is 3. The number of nitrogens with one attached hydrogen (secondary N) is 1. The lowest BCUT2D eigenvalue weighted by atomic mass is 9.92. The van der Waals surface area contributed by atoms with Gasteiger partial charge in [0, 0.05) is 16.6 Å². The molecule has 1 amide bonds. The lowest BCUT2D eigenvalue weighted by Gasteiger charge is -2.27. The van der Waals surface area contributed by atoms with Crippen molar-refractivity contribution in [1.82, 2.24) is 19.7 Å². The molecule has 1 saturated carbocycles. The van der Waals surface area contributed by atoms with Crippen molar-refractivity contribution >= 4 is 17.5 Å². The van der Waals surface area contributed by atoms with Gasteiger partial charge in [0.05, 0.1) is 11.1 Å². The van der Waals surface area contributed by atoms with Crippen molar-refractivity contribution in [1.29, 1.82) is 0 Å². The van der Waals surface area contributed by atoms with E-state index in [1.54, 1.807) is 42.7 Å². The largest absolute Gasteiger partial charge is 0.416 e. The van der Waals surface area contributed by atoms with Gasteiger partial charge in [-0.1, -0.05) is 35.9 Å². The van der Waals surface area contributed by atoms with Crippen molar-refractivity contribution in [2.75, 3.05) is 0 Å². The lowest BCUT2D eigenvalue weighted by Crippen LogP contribution is -2.44. The molecule has 0 radical (unpaired) electrons. The fourth-order valence-corrected chi connectivity index (χ4v) is 3.88. The van der Waals surface area contributed by atoms with E-state index in [0.29, 0.717) is 22.0 Å². The normalized spacial score (nSPS) is 14.4. The van der Waals surface area contributed by atoms with Crippen LogP contribution in [-0.4, -0.2) is 20.3 Å². The van der Waals surface area contributed by atoms with Crippen LogP contribution in [0.2, 0.25) is 5.02 Å². The van der Waals surface area contributed by atoms with Gasteiger partial charge in [0.15, 0.2) is 5.82 Å². The number of carbonyl (C=O) groups excluding carboxylic acids is 1. The Balaban J connectivity index is 1.58. The summed E-state index contributed by atoms with van der Waals surface area (Å²) >= 11 is 6.09. The molecule has 0 spiro atoms. The fraction of sp³-hybridized carbons (Fsp3) is 0.348. The zero-order valence-electron chi connectivity index (χ0n) is 18.0. The lowest BCUT2D eigenvalue weighted by molar-refractivity contribution is -0.137. The number of hydrogen-bond donors (Lipinski definition) is 1. The molecule has 1 aromatic heterocycles. The SMILES string of the molecule is CC(C)(NC(=O)Cn1nc(-c2cccc(Cl)c2)n(C2CC2)c1=O)c1cccc(C(F)(F)F)c1. The molecule has 3 aromatic rings. The molecule has 4 rings (SSSR count). The van der Waals surface area contributed by atoms with Crippen LogP contribution in [-0.2, 0) is 23.1 Å². The predicted molar refractivity (Wildman–Crippen MR) is 118 cm³/mol. The Morgan fingerprint density at radius 1 is 1.12 bits per heavy atom. The summed E-state index contributed by atoms with van der Waals surface area (Å²) in [6.07, 6.45) is -2.81. The number of amides is 1.